The zero-order chi connectivity index (χ0) is 19.7. The second-order valence-electron chi connectivity index (χ2n) is 7.69. The van der Waals surface area contributed by atoms with E-state index in [1.807, 2.05) is 24.3 Å². The first-order valence-electron chi connectivity index (χ1n) is 9.73. The van der Waals surface area contributed by atoms with E-state index in [9.17, 15) is 14.7 Å². The van der Waals surface area contributed by atoms with Crippen LogP contribution < -0.4 is 4.74 Å². The molecule has 3 atom stereocenters. The van der Waals surface area contributed by atoms with Crippen molar-refractivity contribution in [1.29, 1.82) is 0 Å². The zero-order valence-corrected chi connectivity index (χ0v) is 16.4. The van der Waals surface area contributed by atoms with Crippen LogP contribution in [0.2, 0.25) is 0 Å². The summed E-state index contributed by atoms with van der Waals surface area (Å²) >= 11 is 0. The van der Waals surface area contributed by atoms with Crippen molar-refractivity contribution in [3.05, 3.63) is 29.8 Å². The molecule has 1 N–H and O–H groups in total. The van der Waals surface area contributed by atoms with E-state index in [2.05, 4.69) is 6.92 Å². The molecule has 0 spiro atoms. The predicted molar refractivity (Wildman–Crippen MR) is 100 cm³/mol. The van der Waals surface area contributed by atoms with Crippen LogP contribution in [0.25, 0.3) is 0 Å². The topological polar surface area (TPSA) is 76.1 Å². The summed E-state index contributed by atoms with van der Waals surface area (Å²) in [6, 6.07) is 7.38. The largest absolute Gasteiger partial charge is 0.497 e. The highest BCUT2D eigenvalue weighted by Crippen LogP contribution is 2.55. The number of nitrogens with zero attached hydrogens (tertiary/aromatic N) is 1. The molecule has 1 amide bonds. The molecule has 6 nitrogen and oxygen atoms in total. The molecule has 3 rings (SSSR count). The minimum atomic E-state index is -1.28. The number of likely N-dealkylation sites (tertiary alicyclic amines) is 1. The van der Waals surface area contributed by atoms with Gasteiger partial charge in [0.05, 0.1) is 19.6 Å². The molecule has 148 valence electrons. The number of esters is 1. The van der Waals surface area contributed by atoms with Crippen LogP contribution >= 0.6 is 0 Å². The van der Waals surface area contributed by atoms with Crippen molar-refractivity contribution in [2.24, 2.45) is 5.92 Å². The van der Waals surface area contributed by atoms with Gasteiger partial charge in [0.2, 0.25) is 11.4 Å². The maximum Gasteiger partial charge on any atom is 0.339 e. The van der Waals surface area contributed by atoms with Crippen LogP contribution in [0.5, 0.6) is 5.75 Å². The molecule has 0 bridgehead atoms. The standard InChI is InChI=1S/C21H29NO5/c1-4-5-6-7-8-17-18(24)22(13-15-9-11-16(26-3)12-10-15)21(14-23)19(25)27-20(17,21)2/h9-12,17,23H,4-8,13-14H2,1-3H3/t17-,20?,21?/m0/s1. The average Bonchev–Trinajstić information content (AvgIpc) is 2.80. The average molecular weight is 375 g/mol. The Balaban J connectivity index is 1.84. The van der Waals surface area contributed by atoms with Crippen molar-refractivity contribution >= 4 is 11.9 Å². The number of methoxy groups -OCH3 is 1. The molecule has 2 heterocycles. The number of benzene rings is 1. The Morgan fingerprint density at radius 3 is 2.44 bits per heavy atom. The normalized spacial score (nSPS) is 29.3. The predicted octanol–water partition coefficient (Wildman–Crippen LogP) is 2.67. The van der Waals surface area contributed by atoms with Gasteiger partial charge < -0.3 is 19.5 Å². The number of hydrogen-bond donors (Lipinski definition) is 1. The molecular weight excluding hydrogens is 346 g/mol. The fourth-order valence-electron chi connectivity index (χ4n) is 4.47. The molecule has 1 aromatic rings. The maximum atomic E-state index is 13.2. The Bertz CT molecular complexity index is 703. The van der Waals surface area contributed by atoms with Crippen molar-refractivity contribution < 1.29 is 24.2 Å². The van der Waals surface area contributed by atoms with Crippen molar-refractivity contribution in [2.75, 3.05) is 13.7 Å². The summed E-state index contributed by atoms with van der Waals surface area (Å²) in [6.45, 7) is 3.78. The molecule has 2 unspecified atom stereocenters. The smallest absolute Gasteiger partial charge is 0.339 e. The van der Waals surface area contributed by atoms with Gasteiger partial charge in [0.25, 0.3) is 0 Å². The second kappa shape index (κ2) is 7.50. The van der Waals surface area contributed by atoms with Gasteiger partial charge in [0.15, 0.2) is 5.60 Å². The molecule has 1 aromatic carbocycles. The molecular formula is C21H29NO5. The van der Waals surface area contributed by atoms with Crippen molar-refractivity contribution in [3.8, 4) is 5.75 Å². The Kier molecular flexibility index (Phi) is 5.47. The number of aliphatic hydroxyl groups is 1. The Morgan fingerprint density at radius 1 is 1.19 bits per heavy atom. The molecule has 2 aliphatic heterocycles. The fourth-order valence-corrected chi connectivity index (χ4v) is 4.47. The number of carbonyl (C=O) groups excluding carboxylic acids is 2. The highest BCUT2D eigenvalue weighted by atomic mass is 16.6. The van der Waals surface area contributed by atoms with Crippen LogP contribution in [0.15, 0.2) is 24.3 Å². The number of aliphatic hydroxyl groups excluding tert-OH is 1. The lowest BCUT2D eigenvalue weighted by Gasteiger charge is -2.53. The Hall–Kier alpha value is -2.08. The molecule has 2 saturated heterocycles. The number of rotatable bonds is 9. The quantitative estimate of drug-likeness (QED) is 0.530. The summed E-state index contributed by atoms with van der Waals surface area (Å²) in [5.74, 6) is -0.294. The van der Waals surface area contributed by atoms with E-state index in [1.165, 1.54) is 4.90 Å². The van der Waals surface area contributed by atoms with Gasteiger partial charge in [-0.15, -0.1) is 0 Å². The third-order valence-corrected chi connectivity index (χ3v) is 6.23. The first kappa shape index (κ1) is 19.7. The minimum absolute atomic E-state index is 0.107. The monoisotopic (exact) mass is 375 g/mol. The summed E-state index contributed by atoms with van der Waals surface area (Å²) in [5, 5.41) is 10.1. The highest BCUT2D eigenvalue weighted by molar-refractivity contribution is 6.01. The van der Waals surface area contributed by atoms with E-state index in [0.29, 0.717) is 6.42 Å². The van der Waals surface area contributed by atoms with E-state index in [4.69, 9.17) is 9.47 Å². The van der Waals surface area contributed by atoms with Gasteiger partial charge >= 0.3 is 5.97 Å². The molecule has 2 fully saturated rings. The van der Waals surface area contributed by atoms with E-state index >= 15 is 0 Å². The molecule has 0 saturated carbocycles. The van der Waals surface area contributed by atoms with Gasteiger partial charge in [-0.1, -0.05) is 44.7 Å². The zero-order valence-electron chi connectivity index (χ0n) is 16.4. The molecule has 0 radical (unpaired) electrons. The van der Waals surface area contributed by atoms with Crippen LogP contribution in [-0.2, 0) is 20.9 Å². The van der Waals surface area contributed by atoms with Gasteiger partial charge in [0, 0.05) is 6.54 Å². The highest BCUT2D eigenvalue weighted by Gasteiger charge is 2.79. The van der Waals surface area contributed by atoms with Crippen LogP contribution in [0.3, 0.4) is 0 Å². The van der Waals surface area contributed by atoms with Gasteiger partial charge in [-0.25, -0.2) is 4.79 Å². The lowest BCUT2D eigenvalue weighted by atomic mass is 9.70. The Morgan fingerprint density at radius 2 is 1.89 bits per heavy atom. The summed E-state index contributed by atoms with van der Waals surface area (Å²) < 4.78 is 10.7. The van der Waals surface area contributed by atoms with Crippen molar-refractivity contribution in [1.82, 2.24) is 4.90 Å². The number of hydrogen-bond acceptors (Lipinski definition) is 5. The summed E-state index contributed by atoms with van der Waals surface area (Å²) in [7, 11) is 1.60. The third kappa shape index (κ3) is 2.90. The first-order chi connectivity index (χ1) is 12.9. The third-order valence-electron chi connectivity index (χ3n) is 6.23. The summed E-state index contributed by atoms with van der Waals surface area (Å²) in [6.07, 6.45) is 4.88. The maximum absolute atomic E-state index is 13.2. The molecule has 2 aliphatic rings. The van der Waals surface area contributed by atoms with Gasteiger partial charge in [-0.3, -0.25) is 4.79 Å². The van der Waals surface area contributed by atoms with Crippen LogP contribution in [0.1, 0.15) is 51.5 Å². The van der Waals surface area contributed by atoms with Crippen LogP contribution in [-0.4, -0.2) is 46.7 Å². The number of amides is 1. The summed E-state index contributed by atoms with van der Waals surface area (Å²) in [4.78, 5) is 27.2. The number of fused-ring (bicyclic) bond motifs is 1. The Labute approximate surface area is 160 Å². The number of unbranched alkanes of at least 4 members (excludes halogenated alkanes) is 3. The summed E-state index contributed by atoms with van der Waals surface area (Å²) in [5.41, 5.74) is -1.36. The second-order valence-corrected chi connectivity index (χ2v) is 7.69. The van der Waals surface area contributed by atoms with Crippen LogP contribution in [0, 0.1) is 5.92 Å². The van der Waals surface area contributed by atoms with E-state index < -0.39 is 29.6 Å². The van der Waals surface area contributed by atoms with Crippen molar-refractivity contribution in [3.63, 3.8) is 0 Å². The molecule has 0 aliphatic carbocycles. The van der Waals surface area contributed by atoms with Crippen LogP contribution in [0.4, 0.5) is 0 Å². The van der Waals surface area contributed by atoms with Gasteiger partial charge in [-0.2, -0.15) is 0 Å². The first-order valence-corrected chi connectivity index (χ1v) is 9.73. The lowest BCUT2D eigenvalue weighted by molar-refractivity contribution is -0.240. The van der Waals surface area contributed by atoms with Gasteiger partial charge in [-0.05, 0) is 31.0 Å². The van der Waals surface area contributed by atoms with E-state index in [-0.39, 0.29) is 12.5 Å². The minimum Gasteiger partial charge on any atom is -0.497 e. The SMILES string of the molecule is CCCCCC[C@H]1C(=O)N(Cc2ccc(OC)cc2)C2(CO)C(=O)OC12C. The van der Waals surface area contributed by atoms with Crippen molar-refractivity contribution in [2.45, 2.75) is 63.6 Å². The molecule has 0 aromatic heterocycles. The lowest BCUT2D eigenvalue weighted by Crippen LogP contribution is -2.76. The van der Waals surface area contributed by atoms with Gasteiger partial charge in [0.1, 0.15) is 5.75 Å². The van der Waals surface area contributed by atoms with E-state index in [1.54, 1.807) is 14.0 Å². The number of ether oxygens (including phenoxy) is 2. The molecule has 27 heavy (non-hydrogen) atoms. The van der Waals surface area contributed by atoms with E-state index in [0.717, 1.165) is 37.0 Å². The fraction of sp³-hybridized carbons (Fsp3) is 0.619. The molecule has 6 heteroatoms. The number of carbonyl (C=O) groups is 2.